The molecule has 2 N–H and O–H groups in total. The lowest BCUT2D eigenvalue weighted by molar-refractivity contribution is 1.72. The number of rotatable bonds is 0. The summed E-state index contributed by atoms with van der Waals surface area (Å²) < 4.78 is 0.194. The van der Waals surface area contributed by atoms with Crippen molar-refractivity contribution in [2.45, 2.75) is 0 Å². The van der Waals surface area contributed by atoms with Gasteiger partial charge in [0.2, 0.25) is 0 Å². The Hall–Kier alpha value is -0.540. The van der Waals surface area contributed by atoms with Crippen molar-refractivity contribution in [2.75, 3.05) is 0 Å². The number of hydrogen-bond acceptors (Lipinski definition) is 1. The molecule has 0 unspecified atom stereocenters. The number of nitrogens with two attached hydrogens (primary N) is 1. The van der Waals surface area contributed by atoms with Gasteiger partial charge in [-0.3, -0.25) is 0 Å². The molecular weight excluding hydrogens is 162 g/mol. The van der Waals surface area contributed by atoms with Crippen LogP contribution in [0, 0.1) is 0 Å². The summed E-state index contributed by atoms with van der Waals surface area (Å²) in [6, 6.07) is 12.0. The number of thiol groups is 1. The van der Waals surface area contributed by atoms with E-state index in [1.807, 2.05) is 36.4 Å². The first-order valence-electron chi connectivity index (χ1n) is 2.72. The molecule has 0 radical (unpaired) electrons. The second-order valence-electron chi connectivity index (χ2n) is 1.49. The molecule has 54 valence electrons. The SMILES string of the molecule is NC(=S)S.c1ccccc1. The molecule has 0 saturated carbocycles. The molecule has 0 saturated heterocycles. The van der Waals surface area contributed by atoms with Gasteiger partial charge in [0.05, 0.1) is 0 Å². The van der Waals surface area contributed by atoms with Crippen molar-refractivity contribution in [2.24, 2.45) is 5.73 Å². The summed E-state index contributed by atoms with van der Waals surface area (Å²) in [7, 11) is 0. The van der Waals surface area contributed by atoms with Crippen LogP contribution in [0.4, 0.5) is 0 Å². The molecule has 1 aromatic carbocycles. The number of benzene rings is 1. The number of hydrogen-bond donors (Lipinski definition) is 2. The maximum atomic E-state index is 4.71. The van der Waals surface area contributed by atoms with Gasteiger partial charge in [-0.1, -0.05) is 48.6 Å². The maximum absolute atomic E-state index is 4.71. The zero-order chi connectivity index (χ0) is 7.82. The lowest BCUT2D eigenvalue weighted by atomic mass is 10.4. The standard InChI is InChI=1S/C6H6.CH3NS2/c1-2-4-6-5-3-1;2-1(3)4/h1-6H;(H3,2,3,4). The Balaban J connectivity index is 0.000000180. The smallest absolute Gasteiger partial charge is 0.128 e. The van der Waals surface area contributed by atoms with Crippen LogP contribution in [0.25, 0.3) is 0 Å². The Morgan fingerprint density at radius 2 is 1.10 bits per heavy atom. The maximum Gasteiger partial charge on any atom is 0.128 e. The molecule has 3 heteroatoms. The van der Waals surface area contributed by atoms with Gasteiger partial charge in [0.1, 0.15) is 4.32 Å². The van der Waals surface area contributed by atoms with E-state index in [0.29, 0.717) is 0 Å². The van der Waals surface area contributed by atoms with E-state index in [2.05, 4.69) is 24.8 Å². The minimum atomic E-state index is 0.194. The van der Waals surface area contributed by atoms with E-state index in [9.17, 15) is 0 Å². The first-order chi connectivity index (χ1) is 4.73. The van der Waals surface area contributed by atoms with Crippen LogP contribution < -0.4 is 5.73 Å². The molecule has 0 fully saturated rings. The van der Waals surface area contributed by atoms with Gasteiger partial charge >= 0.3 is 0 Å². The van der Waals surface area contributed by atoms with Gasteiger partial charge in [0.15, 0.2) is 0 Å². The van der Waals surface area contributed by atoms with Gasteiger partial charge in [-0.2, -0.15) is 0 Å². The van der Waals surface area contributed by atoms with Crippen LogP contribution in [0.15, 0.2) is 36.4 Å². The summed E-state index contributed by atoms with van der Waals surface area (Å²) in [4.78, 5) is 0. The first kappa shape index (κ1) is 9.46. The average Bonchev–Trinajstić information content (AvgIpc) is 1.90. The van der Waals surface area contributed by atoms with Gasteiger partial charge in [0.25, 0.3) is 0 Å². The fourth-order valence-corrected chi connectivity index (χ4v) is 0.385. The van der Waals surface area contributed by atoms with Gasteiger partial charge in [-0.05, 0) is 0 Å². The van der Waals surface area contributed by atoms with Crippen LogP contribution in [0.1, 0.15) is 0 Å². The Bertz CT molecular complexity index is 144. The lowest BCUT2D eigenvalue weighted by Gasteiger charge is -1.69. The summed E-state index contributed by atoms with van der Waals surface area (Å²) in [5.41, 5.74) is 4.71. The van der Waals surface area contributed by atoms with E-state index in [1.165, 1.54) is 0 Å². The molecule has 0 amide bonds. The summed E-state index contributed by atoms with van der Waals surface area (Å²) in [5, 5.41) is 0. The molecule has 0 aliphatic carbocycles. The van der Waals surface area contributed by atoms with E-state index >= 15 is 0 Å². The van der Waals surface area contributed by atoms with Crippen LogP contribution in [-0.4, -0.2) is 4.32 Å². The monoisotopic (exact) mass is 171 g/mol. The van der Waals surface area contributed by atoms with E-state index in [-0.39, 0.29) is 4.32 Å². The second kappa shape index (κ2) is 6.58. The summed E-state index contributed by atoms with van der Waals surface area (Å²) in [5.74, 6) is 0. The van der Waals surface area contributed by atoms with Gasteiger partial charge < -0.3 is 5.73 Å². The molecular formula is C7H9NS2. The Kier molecular flexibility index (Phi) is 6.22. The average molecular weight is 171 g/mol. The predicted molar refractivity (Wildman–Crippen MR) is 52.2 cm³/mol. The molecule has 1 nitrogen and oxygen atoms in total. The third-order valence-corrected chi connectivity index (χ3v) is 0.667. The van der Waals surface area contributed by atoms with Crippen LogP contribution in [0.5, 0.6) is 0 Å². The quantitative estimate of drug-likeness (QED) is 0.460. The molecule has 0 bridgehead atoms. The molecule has 0 heterocycles. The summed E-state index contributed by atoms with van der Waals surface area (Å²) in [6.07, 6.45) is 0. The van der Waals surface area contributed by atoms with Gasteiger partial charge in [-0.15, -0.1) is 12.6 Å². The molecule has 0 aliphatic heterocycles. The van der Waals surface area contributed by atoms with Gasteiger partial charge in [-0.25, -0.2) is 0 Å². The molecule has 0 aliphatic rings. The Labute approximate surface area is 71.7 Å². The fourth-order valence-electron chi connectivity index (χ4n) is 0.385. The summed E-state index contributed by atoms with van der Waals surface area (Å²) >= 11 is 7.65. The van der Waals surface area contributed by atoms with Crippen molar-refractivity contribution >= 4 is 29.2 Å². The molecule has 0 spiro atoms. The Morgan fingerprint density at radius 3 is 1.20 bits per heavy atom. The normalized spacial score (nSPS) is 7.30. The van der Waals surface area contributed by atoms with Crippen molar-refractivity contribution in [1.82, 2.24) is 0 Å². The lowest BCUT2D eigenvalue weighted by Crippen LogP contribution is -1.94. The van der Waals surface area contributed by atoms with Crippen molar-refractivity contribution in [3.05, 3.63) is 36.4 Å². The van der Waals surface area contributed by atoms with Crippen LogP contribution in [-0.2, 0) is 0 Å². The molecule has 10 heavy (non-hydrogen) atoms. The number of thiocarbonyl (C=S) groups is 1. The van der Waals surface area contributed by atoms with Gasteiger partial charge in [0, 0.05) is 0 Å². The van der Waals surface area contributed by atoms with Crippen molar-refractivity contribution in [3.63, 3.8) is 0 Å². The molecule has 1 rings (SSSR count). The third kappa shape index (κ3) is 10.4. The first-order valence-corrected chi connectivity index (χ1v) is 3.57. The van der Waals surface area contributed by atoms with E-state index in [1.54, 1.807) is 0 Å². The third-order valence-electron chi connectivity index (χ3n) is 0.667. The molecule has 0 aromatic heterocycles. The van der Waals surface area contributed by atoms with Crippen LogP contribution in [0.2, 0.25) is 0 Å². The minimum absolute atomic E-state index is 0.194. The van der Waals surface area contributed by atoms with Crippen LogP contribution >= 0.6 is 24.8 Å². The van der Waals surface area contributed by atoms with Crippen molar-refractivity contribution < 1.29 is 0 Å². The van der Waals surface area contributed by atoms with E-state index in [4.69, 9.17) is 5.73 Å². The minimum Gasteiger partial charge on any atom is -0.385 e. The Morgan fingerprint density at radius 1 is 1.00 bits per heavy atom. The highest BCUT2D eigenvalue weighted by Gasteiger charge is 1.57. The summed E-state index contributed by atoms with van der Waals surface area (Å²) in [6.45, 7) is 0. The predicted octanol–water partition coefficient (Wildman–Crippen LogP) is 1.85. The highest BCUT2D eigenvalue weighted by Crippen LogP contribution is 1.79. The fraction of sp³-hybridized carbons (Fsp3) is 0. The van der Waals surface area contributed by atoms with Crippen molar-refractivity contribution in [3.8, 4) is 0 Å². The molecule has 1 aromatic rings. The highest BCUT2D eigenvalue weighted by molar-refractivity contribution is 8.10. The van der Waals surface area contributed by atoms with Crippen molar-refractivity contribution in [1.29, 1.82) is 0 Å². The largest absolute Gasteiger partial charge is 0.385 e. The molecule has 0 atom stereocenters. The topological polar surface area (TPSA) is 26.0 Å². The van der Waals surface area contributed by atoms with E-state index in [0.717, 1.165) is 0 Å². The van der Waals surface area contributed by atoms with E-state index < -0.39 is 0 Å². The zero-order valence-electron chi connectivity index (χ0n) is 5.40. The highest BCUT2D eigenvalue weighted by atomic mass is 32.1. The zero-order valence-corrected chi connectivity index (χ0v) is 7.11. The second-order valence-corrected chi connectivity index (χ2v) is 2.72. The van der Waals surface area contributed by atoms with Crippen LogP contribution in [0.3, 0.4) is 0 Å².